The van der Waals surface area contributed by atoms with Gasteiger partial charge in [-0.1, -0.05) is 68.1 Å². The van der Waals surface area contributed by atoms with E-state index in [2.05, 4.69) is 16.0 Å². The molecule has 41 heavy (non-hydrogen) atoms. The molecular formula is C31H47N5O5. The number of primary amides is 1. The highest BCUT2D eigenvalue weighted by molar-refractivity contribution is 5.75. The van der Waals surface area contributed by atoms with E-state index in [9.17, 15) is 14.4 Å². The lowest BCUT2D eigenvalue weighted by molar-refractivity contribution is -0.119. The summed E-state index contributed by atoms with van der Waals surface area (Å²) in [6.45, 7) is 6.04. The first-order chi connectivity index (χ1) is 19.5. The Hall–Kier alpha value is -3.63. The Labute approximate surface area is 244 Å². The predicted octanol–water partition coefficient (Wildman–Crippen LogP) is 3.66. The van der Waals surface area contributed by atoms with E-state index >= 15 is 0 Å². The fourth-order valence-electron chi connectivity index (χ4n) is 4.66. The number of alkyl carbamates (subject to hydrolysis) is 2. The molecule has 2 heterocycles. The monoisotopic (exact) mass is 569 g/mol. The molecular weight excluding hydrogens is 522 g/mol. The van der Waals surface area contributed by atoms with Gasteiger partial charge in [-0.25, -0.2) is 9.59 Å². The lowest BCUT2D eigenvalue weighted by Gasteiger charge is -2.30. The summed E-state index contributed by atoms with van der Waals surface area (Å²) in [6, 6.07) is 19.3. The van der Waals surface area contributed by atoms with Crippen molar-refractivity contribution >= 4 is 18.1 Å². The van der Waals surface area contributed by atoms with Crippen molar-refractivity contribution in [1.82, 2.24) is 20.9 Å². The fourth-order valence-corrected chi connectivity index (χ4v) is 4.66. The number of hydrogen-bond donors (Lipinski definition) is 4. The van der Waals surface area contributed by atoms with E-state index in [4.69, 9.17) is 15.2 Å². The highest BCUT2D eigenvalue weighted by atomic mass is 16.6. The van der Waals surface area contributed by atoms with Gasteiger partial charge in [0.2, 0.25) is 5.91 Å². The summed E-state index contributed by atoms with van der Waals surface area (Å²) >= 11 is 0. The minimum absolute atomic E-state index is 0. The topological polar surface area (TPSA) is 135 Å². The maximum absolute atomic E-state index is 11.7. The zero-order chi connectivity index (χ0) is 28.4. The van der Waals surface area contributed by atoms with Crippen molar-refractivity contribution < 1.29 is 23.9 Å². The summed E-state index contributed by atoms with van der Waals surface area (Å²) in [6.07, 6.45) is 3.44. The van der Waals surface area contributed by atoms with E-state index in [-0.39, 0.29) is 32.1 Å². The quantitative estimate of drug-likeness (QED) is 0.343. The summed E-state index contributed by atoms with van der Waals surface area (Å²) in [4.78, 5) is 36.1. The number of rotatable bonds is 10. The van der Waals surface area contributed by atoms with E-state index in [1.165, 1.54) is 0 Å². The molecule has 0 aliphatic carbocycles. The van der Waals surface area contributed by atoms with E-state index in [1.807, 2.05) is 65.6 Å². The van der Waals surface area contributed by atoms with Crippen molar-refractivity contribution in [2.24, 2.45) is 17.6 Å². The van der Waals surface area contributed by atoms with Crippen LogP contribution >= 0.6 is 0 Å². The zero-order valence-electron chi connectivity index (χ0n) is 23.2. The first-order valence-electron chi connectivity index (χ1n) is 14.1. The Kier molecular flexibility index (Phi) is 15.9. The fraction of sp³-hybridized carbons (Fsp3) is 0.516. The van der Waals surface area contributed by atoms with Crippen LogP contribution in [0.15, 0.2) is 60.7 Å². The smallest absolute Gasteiger partial charge is 0.407 e. The van der Waals surface area contributed by atoms with Crippen LogP contribution in [-0.4, -0.2) is 68.8 Å². The zero-order valence-corrected chi connectivity index (χ0v) is 23.2. The van der Waals surface area contributed by atoms with Gasteiger partial charge < -0.3 is 31.2 Å². The molecule has 2 aliphatic rings. The van der Waals surface area contributed by atoms with E-state index in [1.54, 1.807) is 0 Å². The van der Waals surface area contributed by atoms with Gasteiger partial charge in [0.05, 0.1) is 6.54 Å². The van der Waals surface area contributed by atoms with Crippen LogP contribution in [0, 0.1) is 11.8 Å². The SMILES string of the molecule is C.NC(=O)CN1CCC(CNC(=O)OCc2ccccc2)CC1.O=C(NCC1CCNCC1)OCc1ccccc1. The van der Waals surface area contributed by atoms with Gasteiger partial charge in [0.1, 0.15) is 13.2 Å². The van der Waals surface area contributed by atoms with Crippen LogP contribution in [0.3, 0.4) is 0 Å². The maximum Gasteiger partial charge on any atom is 0.407 e. The van der Waals surface area contributed by atoms with Gasteiger partial charge in [-0.3, -0.25) is 9.69 Å². The summed E-state index contributed by atoms with van der Waals surface area (Å²) in [5, 5.41) is 8.95. The van der Waals surface area contributed by atoms with Gasteiger partial charge in [0, 0.05) is 13.1 Å². The van der Waals surface area contributed by atoms with Crippen LogP contribution in [0.4, 0.5) is 9.59 Å². The van der Waals surface area contributed by atoms with Crippen LogP contribution in [-0.2, 0) is 27.5 Å². The lowest BCUT2D eigenvalue weighted by Crippen LogP contribution is -2.42. The highest BCUT2D eigenvalue weighted by Crippen LogP contribution is 2.16. The summed E-state index contributed by atoms with van der Waals surface area (Å²) in [5.74, 6) is 0.713. The molecule has 4 rings (SSSR count). The minimum Gasteiger partial charge on any atom is -0.445 e. The molecule has 0 saturated carbocycles. The Balaban J connectivity index is 0.000000285. The number of ether oxygens (including phenoxy) is 2. The van der Waals surface area contributed by atoms with Gasteiger partial charge in [0.15, 0.2) is 0 Å². The van der Waals surface area contributed by atoms with Crippen molar-refractivity contribution in [2.75, 3.05) is 45.8 Å². The molecule has 0 aromatic heterocycles. The average molecular weight is 570 g/mol. The molecule has 10 heteroatoms. The summed E-state index contributed by atoms with van der Waals surface area (Å²) < 4.78 is 10.3. The van der Waals surface area contributed by atoms with Gasteiger partial charge in [-0.2, -0.15) is 0 Å². The first kappa shape index (κ1) is 33.6. The number of nitrogens with zero attached hydrogens (tertiary/aromatic N) is 1. The number of likely N-dealkylation sites (tertiary alicyclic amines) is 1. The molecule has 2 aromatic rings. The molecule has 3 amide bonds. The molecule has 0 spiro atoms. The van der Waals surface area contributed by atoms with Crippen molar-refractivity contribution in [3.8, 4) is 0 Å². The predicted molar refractivity (Wildman–Crippen MR) is 160 cm³/mol. The van der Waals surface area contributed by atoms with E-state index in [0.29, 0.717) is 31.5 Å². The highest BCUT2D eigenvalue weighted by Gasteiger charge is 2.20. The second-order valence-electron chi connectivity index (χ2n) is 10.3. The molecule has 5 N–H and O–H groups in total. The van der Waals surface area contributed by atoms with Crippen LogP contribution in [0.2, 0.25) is 0 Å². The largest absolute Gasteiger partial charge is 0.445 e. The molecule has 2 aromatic carbocycles. The number of carbonyl (C=O) groups is 3. The minimum atomic E-state index is -0.386. The number of hydrogen-bond acceptors (Lipinski definition) is 7. The molecule has 0 unspecified atom stereocenters. The molecule has 0 atom stereocenters. The molecule has 0 radical (unpaired) electrons. The summed E-state index contributed by atoms with van der Waals surface area (Å²) in [5.41, 5.74) is 7.16. The molecule has 10 nitrogen and oxygen atoms in total. The second-order valence-corrected chi connectivity index (χ2v) is 10.3. The number of benzene rings is 2. The van der Waals surface area contributed by atoms with Crippen LogP contribution in [0.25, 0.3) is 0 Å². The normalized spacial score (nSPS) is 15.8. The van der Waals surface area contributed by atoms with Crippen LogP contribution in [0.5, 0.6) is 0 Å². The van der Waals surface area contributed by atoms with Crippen molar-refractivity contribution in [3.05, 3.63) is 71.8 Å². The lowest BCUT2D eigenvalue weighted by atomic mass is 9.97. The Morgan fingerprint density at radius 3 is 1.63 bits per heavy atom. The number of carbonyl (C=O) groups excluding carboxylic acids is 3. The van der Waals surface area contributed by atoms with Crippen molar-refractivity contribution in [2.45, 2.75) is 46.3 Å². The Morgan fingerprint density at radius 2 is 1.20 bits per heavy atom. The molecule has 0 bridgehead atoms. The third-order valence-electron chi connectivity index (χ3n) is 7.04. The van der Waals surface area contributed by atoms with Crippen LogP contribution < -0.4 is 21.7 Å². The Bertz CT molecular complexity index is 1010. The number of nitrogens with one attached hydrogen (secondary N) is 3. The summed E-state index contributed by atoms with van der Waals surface area (Å²) in [7, 11) is 0. The molecule has 2 saturated heterocycles. The number of amides is 3. The number of piperidine rings is 2. The molecule has 226 valence electrons. The van der Waals surface area contributed by atoms with Gasteiger partial charge >= 0.3 is 12.2 Å². The van der Waals surface area contributed by atoms with Gasteiger partial charge in [-0.05, 0) is 74.8 Å². The van der Waals surface area contributed by atoms with E-state index in [0.717, 1.165) is 69.5 Å². The maximum atomic E-state index is 11.7. The Morgan fingerprint density at radius 1 is 0.756 bits per heavy atom. The van der Waals surface area contributed by atoms with Gasteiger partial charge in [0.25, 0.3) is 0 Å². The van der Waals surface area contributed by atoms with Crippen LogP contribution in [0.1, 0.15) is 44.2 Å². The molecule has 2 aliphatic heterocycles. The second kappa shape index (κ2) is 19.4. The standard InChI is InChI=1S/C16H23N3O3.C14H20N2O2.CH4/c17-15(20)11-19-8-6-13(7-9-19)10-18-16(21)22-12-14-4-2-1-3-5-14;17-14(16-10-12-6-8-15-9-7-12)18-11-13-4-2-1-3-5-13;/h1-5,13H,6-12H2,(H2,17,20)(H,18,21);1-5,12,15H,6-11H2,(H,16,17);1H4. The molecule has 2 fully saturated rings. The average Bonchev–Trinajstić information content (AvgIpc) is 2.99. The number of nitrogens with two attached hydrogens (primary N) is 1. The third kappa shape index (κ3) is 14.5. The van der Waals surface area contributed by atoms with Gasteiger partial charge in [-0.15, -0.1) is 0 Å². The van der Waals surface area contributed by atoms with Crippen molar-refractivity contribution in [1.29, 1.82) is 0 Å². The third-order valence-corrected chi connectivity index (χ3v) is 7.04. The van der Waals surface area contributed by atoms with Crippen molar-refractivity contribution in [3.63, 3.8) is 0 Å². The first-order valence-corrected chi connectivity index (χ1v) is 14.1. The van der Waals surface area contributed by atoms with E-state index < -0.39 is 0 Å².